The van der Waals surface area contributed by atoms with Gasteiger partial charge < -0.3 is 14.6 Å². The number of hydrogen-bond acceptors (Lipinski definition) is 4. The van der Waals surface area contributed by atoms with Crippen LogP contribution in [0.5, 0.6) is 0 Å². The quantitative estimate of drug-likeness (QED) is 0.868. The molecule has 1 aromatic rings. The van der Waals surface area contributed by atoms with Crippen LogP contribution < -0.4 is 5.32 Å². The Kier molecular flexibility index (Phi) is 5.16. The molecule has 7 heteroatoms. The summed E-state index contributed by atoms with van der Waals surface area (Å²) < 4.78 is 6.83. The second-order valence-corrected chi connectivity index (χ2v) is 5.97. The topological polar surface area (TPSA) is 73.2 Å². The molecule has 0 saturated heterocycles. The lowest BCUT2D eigenvalue weighted by Crippen LogP contribution is -2.40. The van der Waals surface area contributed by atoms with Crippen LogP contribution in [0, 0.1) is 6.92 Å². The van der Waals surface area contributed by atoms with Crippen LogP contribution in [0.25, 0.3) is 0 Å². The van der Waals surface area contributed by atoms with E-state index in [1.807, 2.05) is 6.92 Å². The number of halogens is 1. The molecular weight excluding hydrogens is 282 g/mol. The Hall–Kier alpha value is -1.56. The molecule has 0 fully saturated rings. The maximum absolute atomic E-state index is 11.7. The number of carbonyl (C=O) groups is 2. The van der Waals surface area contributed by atoms with Crippen molar-refractivity contribution in [3.8, 4) is 0 Å². The largest absolute Gasteiger partial charge is 0.444 e. The van der Waals surface area contributed by atoms with Gasteiger partial charge in [0.05, 0.1) is 0 Å². The molecule has 20 heavy (non-hydrogen) atoms. The number of aldehydes is 1. The van der Waals surface area contributed by atoms with E-state index >= 15 is 0 Å². The van der Waals surface area contributed by atoms with Gasteiger partial charge in [-0.1, -0.05) is 11.6 Å². The van der Waals surface area contributed by atoms with Gasteiger partial charge in [-0.25, -0.2) is 9.78 Å². The molecule has 6 nitrogen and oxygen atoms in total. The van der Waals surface area contributed by atoms with E-state index in [4.69, 9.17) is 16.3 Å². The molecule has 1 amide bonds. The molecule has 1 rings (SSSR count). The first kappa shape index (κ1) is 16.5. The van der Waals surface area contributed by atoms with E-state index in [-0.39, 0.29) is 11.2 Å². The third-order valence-electron chi connectivity index (χ3n) is 2.48. The molecule has 1 atom stereocenters. The minimum Gasteiger partial charge on any atom is -0.444 e. The highest BCUT2D eigenvalue weighted by atomic mass is 35.5. The normalized spacial score (nSPS) is 12.9. The summed E-state index contributed by atoms with van der Waals surface area (Å²) in [7, 11) is 0. The molecule has 1 unspecified atom stereocenters. The lowest BCUT2D eigenvalue weighted by molar-refractivity contribution is 0.0504. The average molecular weight is 302 g/mol. The van der Waals surface area contributed by atoms with Gasteiger partial charge in [-0.15, -0.1) is 0 Å². The number of hydrogen-bond donors (Lipinski definition) is 1. The van der Waals surface area contributed by atoms with Crippen molar-refractivity contribution in [2.75, 3.05) is 0 Å². The van der Waals surface area contributed by atoms with Gasteiger partial charge in [-0.05, 0) is 34.6 Å². The lowest BCUT2D eigenvalue weighted by Gasteiger charge is -2.22. The fourth-order valence-corrected chi connectivity index (χ4v) is 1.99. The first-order chi connectivity index (χ1) is 9.14. The highest BCUT2D eigenvalue weighted by Crippen LogP contribution is 2.15. The van der Waals surface area contributed by atoms with E-state index in [9.17, 15) is 9.59 Å². The van der Waals surface area contributed by atoms with Gasteiger partial charge in [0, 0.05) is 12.6 Å². The Morgan fingerprint density at radius 2 is 2.15 bits per heavy atom. The Balaban J connectivity index is 2.70. The van der Waals surface area contributed by atoms with Crippen molar-refractivity contribution in [2.24, 2.45) is 0 Å². The van der Waals surface area contributed by atoms with Crippen molar-refractivity contribution in [3.05, 3.63) is 16.7 Å². The molecule has 0 radical (unpaired) electrons. The number of ether oxygens (including phenoxy) is 1. The summed E-state index contributed by atoms with van der Waals surface area (Å²) in [6.45, 7) is 9.33. The fraction of sp³-hybridized carbons (Fsp3) is 0.615. The van der Waals surface area contributed by atoms with Crippen LogP contribution in [0.2, 0.25) is 5.15 Å². The van der Waals surface area contributed by atoms with Crippen LogP contribution in [-0.2, 0) is 11.3 Å². The molecule has 1 N–H and O–H groups in total. The Morgan fingerprint density at radius 3 is 2.65 bits per heavy atom. The van der Waals surface area contributed by atoms with Gasteiger partial charge >= 0.3 is 6.09 Å². The number of imidazole rings is 1. The van der Waals surface area contributed by atoms with Gasteiger partial charge in [-0.2, -0.15) is 0 Å². The first-order valence-corrected chi connectivity index (χ1v) is 6.69. The second kappa shape index (κ2) is 6.26. The van der Waals surface area contributed by atoms with Crippen LogP contribution in [0.1, 0.15) is 44.0 Å². The molecule has 0 aliphatic carbocycles. The van der Waals surface area contributed by atoms with Crippen LogP contribution in [0.4, 0.5) is 4.79 Å². The highest BCUT2D eigenvalue weighted by molar-refractivity contribution is 6.31. The minimum absolute atomic E-state index is 0.168. The Morgan fingerprint density at radius 1 is 1.55 bits per heavy atom. The average Bonchev–Trinajstić information content (AvgIpc) is 2.50. The molecule has 0 aliphatic heterocycles. The zero-order valence-corrected chi connectivity index (χ0v) is 13.1. The number of carbonyl (C=O) groups excluding carboxylic acids is 2. The van der Waals surface area contributed by atoms with Crippen molar-refractivity contribution in [1.82, 2.24) is 14.9 Å². The van der Waals surface area contributed by atoms with Crippen molar-refractivity contribution < 1.29 is 14.3 Å². The van der Waals surface area contributed by atoms with E-state index in [0.29, 0.717) is 24.3 Å². The fourth-order valence-electron chi connectivity index (χ4n) is 1.72. The first-order valence-electron chi connectivity index (χ1n) is 6.31. The molecule has 0 bridgehead atoms. The monoisotopic (exact) mass is 301 g/mol. The summed E-state index contributed by atoms with van der Waals surface area (Å²) in [5.41, 5.74) is -0.242. The zero-order valence-electron chi connectivity index (χ0n) is 12.4. The molecule has 0 saturated carbocycles. The van der Waals surface area contributed by atoms with E-state index in [1.165, 1.54) is 0 Å². The molecule has 0 aliphatic rings. The summed E-state index contributed by atoms with van der Waals surface area (Å²) in [6, 6.07) is -0.229. The predicted octanol–water partition coefficient (Wildman–Crippen LogP) is 2.57. The van der Waals surface area contributed by atoms with Gasteiger partial charge in [0.1, 0.15) is 17.1 Å². The summed E-state index contributed by atoms with van der Waals surface area (Å²) >= 11 is 5.85. The van der Waals surface area contributed by atoms with Crippen LogP contribution in [0.15, 0.2) is 0 Å². The Labute approximate surface area is 123 Å². The van der Waals surface area contributed by atoms with Crippen LogP contribution in [0.3, 0.4) is 0 Å². The standard InChI is InChI=1S/C13H20ClN3O3/c1-8(15-12(19)20-13(3,4)5)6-17-9(2)16-11(14)10(17)7-18/h7-8H,6H2,1-5H3,(H,15,19). The molecule has 1 heterocycles. The number of aromatic nitrogens is 2. The number of rotatable bonds is 4. The smallest absolute Gasteiger partial charge is 0.407 e. The van der Waals surface area contributed by atoms with Gasteiger partial charge in [-0.3, -0.25) is 4.79 Å². The molecule has 0 spiro atoms. The second-order valence-electron chi connectivity index (χ2n) is 5.61. The maximum atomic E-state index is 11.7. The highest BCUT2D eigenvalue weighted by Gasteiger charge is 2.19. The summed E-state index contributed by atoms with van der Waals surface area (Å²) in [6.07, 6.45) is 0.157. The summed E-state index contributed by atoms with van der Waals surface area (Å²) in [4.78, 5) is 26.7. The number of nitrogens with zero attached hydrogens (tertiary/aromatic N) is 2. The van der Waals surface area contributed by atoms with Crippen molar-refractivity contribution >= 4 is 24.0 Å². The number of aryl methyl sites for hydroxylation is 1. The van der Waals surface area contributed by atoms with Gasteiger partial charge in [0.2, 0.25) is 0 Å². The molecule has 0 aromatic carbocycles. The molecule has 1 aromatic heterocycles. The lowest BCUT2D eigenvalue weighted by atomic mass is 10.2. The van der Waals surface area contributed by atoms with Crippen LogP contribution in [-0.4, -0.2) is 33.6 Å². The number of amides is 1. The predicted molar refractivity (Wildman–Crippen MR) is 76.2 cm³/mol. The third kappa shape index (κ3) is 4.52. The zero-order chi connectivity index (χ0) is 15.5. The van der Waals surface area contributed by atoms with E-state index in [1.54, 1.807) is 32.3 Å². The SMILES string of the molecule is Cc1nc(Cl)c(C=O)n1CC(C)NC(=O)OC(C)(C)C. The van der Waals surface area contributed by atoms with E-state index in [2.05, 4.69) is 10.3 Å². The van der Waals surface area contributed by atoms with Gasteiger partial charge in [0.25, 0.3) is 0 Å². The maximum Gasteiger partial charge on any atom is 0.407 e. The summed E-state index contributed by atoms with van der Waals surface area (Å²) in [5.74, 6) is 0.620. The summed E-state index contributed by atoms with van der Waals surface area (Å²) in [5, 5.41) is 2.87. The number of nitrogens with one attached hydrogen (secondary N) is 1. The van der Waals surface area contributed by atoms with Crippen LogP contribution >= 0.6 is 11.6 Å². The molecular formula is C13H20ClN3O3. The van der Waals surface area contributed by atoms with Crippen molar-refractivity contribution in [1.29, 1.82) is 0 Å². The van der Waals surface area contributed by atoms with E-state index < -0.39 is 11.7 Å². The molecule has 112 valence electrons. The number of alkyl carbamates (subject to hydrolysis) is 1. The van der Waals surface area contributed by atoms with E-state index in [0.717, 1.165) is 0 Å². The van der Waals surface area contributed by atoms with Crippen molar-refractivity contribution in [2.45, 2.75) is 52.8 Å². The van der Waals surface area contributed by atoms with Crippen molar-refractivity contribution in [3.63, 3.8) is 0 Å². The minimum atomic E-state index is -0.550. The Bertz CT molecular complexity index is 506. The third-order valence-corrected chi connectivity index (χ3v) is 2.76. The van der Waals surface area contributed by atoms with Gasteiger partial charge in [0.15, 0.2) is 11.4 Å².